The lowest BCUT2D eigenvalue weighted by Crippen LogP contribution is -2.35. The highest BCUT2D eigenvalue weighted by Gasteiger charge is 2.20. The van der Waals surface area contributed by atoms with Gasteiger partial charge in [-0.25, -0.2) is 0 Å². The Kier molecular flexibility index (Phi) is 4.63. The summed E-state index contributed by atoms with van der Waals surface area (Å²) in [7, 11) is 3.62. The Morgan fingerprint density at radius 1 is 1.32 bits per heavy atom. The third-order valence-electron chi connectivity index (χ3n) is 4.71. The third kappa shape index (κ3) is 3.30. The summed E-state index contributed by atoms with van der Waals surface area (Å²) in [6, 6.07) is 3.89. The molecule has 2 aromatic heterocycles. The van der Waals surface area contributed by atoms with Gasteiger partial charge in [0.1, 0.15) is 6.04 Å². The average molecular weight is 339 g/mol. The number of hydrogen-bond donors (Lipinski definition) is 3. The molecule has 3 N–H and O–H groups in total. The minimum atomic E-state index is -0.416. The molecule has 1 atom stereocenters. The number of likely N-dealkylation sites (N-methyl/N-ethyl adjacent to an activating group) is 1. The maximum atomic E-state index is 12.6. The van der Waals surface area contributed by atoms with Gasteiger partial charge in [-0.3, -0.25) is 9.48 Å². The van der Waals surface area contributed by atoms with Crippen molar-refractivity contribution in [2.75, 3.05) is 7.05 Å². The first-order valence-electron chi connectivity index (χ1n) is 8.42. The number of amides is 1. The molecule has 1 amide bonds. The number of fused-ring (bicyclic) bond motifs is 1. The molecule has 25 heavy (non-hydrogen) atoms. The number of benzene rings is 1. The molecule has 1 unspecified atom stereocenters. The minimum Gasteiger partial charge on any atom is -0.358 e. The van der Waals surface area contributed by atoms with Crippen LogP contribution in [0.2, 0.25) is 0 Å². The van der Waals surface area contributed by atoms with Gasteiger partial charge in [-0.2, -0.15) is 5.10 Å². The van der Waals surface area contributed by atoms with Crippen LogP contribution >= 0.6 is 0 Å². The van der Waals surface area contributed by atoms with Crippen molar-refractivity contribution in [1.29, 1.82) is 0 Å². The smallest absolute Gasteiger partial charge is 0.242 e. The number of aromatic nitrogens is 3. The second-order valence-corrected chi connectivity index (χ2v) is 6.61. The van der Waals surface area contributed by atoms with Crippen LogP contribution in [0.4, 0.5) is 0 Å². The van der Waals surface area contributed by atoms with Crippen LogP contribution in [0.25, 0.3) is 10.9 Å². The van der Waals surface area contributed by atoms with Gasteiger partial charge in [0.15, 0.2) is 0 Å². The monoisotopic (exact) mass is 339 g/mol. The van der Waals surface area contributed by atoms with Gasteiger partial charge in [0, 0.05) is 36.4 Å². The summed E-state index contributed by atoms with van der Waals surface area (Å²) in [4.78, 5) is 16.1. The van der Waals surface area contributed by atoms with Gasteiger partial charge in [0.05, 0.1) is 11.7 Å². The van der Waals surface area contributed by atoms with E-state index < -0.39 is 6.04 Å². The van der Waals surface area contributed by atoms with Crippen molar-refractivity contribution in [1.82, 2.24) is 25.4 Å². The molecule has 0 bridgehead atoms. The molecule has 132 valence electrons. The number of rotatable bonds is 5. The molecule has 0 saturated heterocycles. The van der Waals surface area contributed by atoms with E-state index in [2.05, 4.69) is 53.6 Å². The Morgan fingerprint density at radius 3 is 2.72 bits per heavy atom. The summed E-state index contributed by atoms with van der Waals surface area (Å²) in [5, 5.41) is 11.5. The molecule has 0 saturated carbocycles. The second-order valence-electron chi connectivity index (χ2n) is 6.61. The zero-order chi connectivity index (χ0) is 18.1. The molecule has 0 spiro atoms. The van der Waals surface area contributed by atoms with E-state index in [0.717, 1.165) is 22.3 Å². The van der Waals surface area contributed by atoms with Crippen molar-refractivity contribution >= 4 is 16.8 Å². The van der Waals surface area contributed by atoms with E-state index in [4.69, 9.17) is 0 Å². The lowest BCUT2D eigenvalue weighted by Gasteiger charge is -2.15. The summed E-state index contributed by atoms with van der Waals surface area (Å²) < 4.78 is 1.70. The zero-order valence-corrected chi connectivity index (χ0v) is 15.4. The average Bonchev–Trinajstić information content (AvgIpc) is 3.11. The van der Waals surface area contributed by atoms with Crippen LogP contribution in [0, 0.1) is 20.8 Å². The first-order valence-corrected chi connectivity index (χ1v) is 8.42. The molecular formula is C19H25N5O. The topological polar surface area (TPSA) is 74.7 Å². The van der Waals surface area contributed by atoms with Crippen LogP contribution in [0.5, 0.6) is 0 Å². The fraction of sp³-hybridized carbons (Fsp3) is 0.368. The minimum absolute atomic E-state index is 0.0647. The molecule has 3 rings (SSSR count). The lowest BCUT2D eigenvalue weighted by atomic mass is 10.0. The van der Waals surface area contributed by atoms with E-state index in [1.54, 1.807) is 17.9 Å². The van der Waals surface area contributed by atoms with Gasteiger partial charge in [0.25, 0.3) is 0 Å². The van der Waals surface area contributed by atoms with Gasteiger partial charge in [0.2, 0.25) is 5.91 Å². The molecule has 0 aliphatic carbocycles. The fourth-order valence-corrected chi connectivity index (χ4v) is 3.25. The van der Waals surface area contributed by atoms with E-state index >= 15 is 0 Å². The number of aromatic amines is 1. The Balaban J connectivity index is 1.82. The maximum absolute atomic E-state index is 12.6. The first kappa shape index (κ1) is 17.2. The molecule has 2 heterocycles. The summed E-state index contributed by atoms with van der Waals surface area (Å²) >= 11 is 0. The molecule has 0 aliphatic heterocycles. The summed E-state index contributed by atoms with van der Waals surface area (Å²) in [6.07, 6.45) is 3.56. The van der Waals surface area contributed by atoms with Crippen LogP contribution in [-0.4, -0.2) is 27.7 Å². The number of hydrogen-bond acceptors (Lipinski definition) is 3. The molecule has 6 heteroatoms. The highest BCUT2D eigenvalue weighted by molar-refractivity contribution is 5.88. The van der Waals surface area contributed by atoms with Crippen molar-refractivity contribution in [3.8, 4) is 0 Å². The number of H-pyrrole nitrogens is 1. The largest absolute Gasteiger partial charge is 0.358 e. The fourth-order valence-electron chi connectivity index (χ4n) is 3.25. The Labute approximate surface area is 147 Å². The van der Waals surface area contributed by atoms with Gasteiger partial charge in [-0.15, -0.1) is 0 Å². The first-order chi connectivity index (χ1) is 11.9. The van der Waals surface area contributed by atoms with E-state index in [-0.39, 0.29) is 5.91 Å². The quantitative estimate of drug-likeness (QED) is 0.668. The van der Waals surface area contributed by atoms with Crippen molar-refractivity contribution in [3.05, 3.63) is 52.5 Å². The van der Waals surface area contributed by atoms with Crippen molar-refractivity contribution in [2.45, 2.75) is 33.4 Å². The van der Waals surface area contributed by atoms with Gasteiger partial charge in [-0.1, -0.05) is 11.6 Å². The highest BCUT2D eigenvalue weighted by atomic mass is 16.2. The number of carbonyl (C=O) groups excluding carboxylic acids is 1. The third-order valence-corrected chi connectivity index (χ3v) is 4.71. The summed E-state index contributed by atoms with van der Waals surface area (Å²) in [6.45, 7) is 6.76. The molecule has 3 aromatic rings. The van der Waals surface area contributed by atoms with Gasteiger partial charge < -0.3 is 15.6 Å². The van der Waals surface area contributed by atoms with Crippen molar-refractivity contribution in [3.63, 3.8) is 0 Å². The summed E-state index contributed by atoms with van der Waals surface area (Å²) in [5.41, 5.74) is 6.66. The SMILES string of the molecule is CNC(C(=O)NCc1cc(C)cc2c(C)c(C)[nH]c12)c1cnn(C)c1. The van der Waals surface area contributed by atoms with Crippen LogP contribution in [0.1, 0.15) is 34.0 Å². The van der Waals surface area contributed by atoms with Crippen LogP contribution < -0.4 is 10.6 Å². The standard InChI is InChI=1S/C19H25N5O/c1-11-6-14(17-16(7-11)12(2)13(3)23-17)8-21-19(25)18(20-4)15-9-22-24(5)10-15/h6-7,9-10,18,20,23H,8H2,1-5H3,(H,21,25). The normalized spacial score (nSPS) is 12.5. The zero-order valence-electron chi connectivity index (χ0n) is 15.4. The van der Waals surface area contributed by atoms with Gasteiger partial charge >= 0.3 is 0 Å². The number of aryl methyl sites for hydroxylation is 4. The van der Waals surface area contributed by atoms with Crippen LogP contribution in [0.15, 0.2) is 24.5 Å². The van der Waals surface area contributed by atoms with Crippen molar-refractivity contribution < 1.29 is 4.79 Å². The predicted octanol–water partition coefficient (Wildman–Crippen LogP) is 2.40. The van der Waals surface area contributed by atoms with Gasteiger partial charge in [-0.05, 0) is 45.0 Å². The summed E-state index contributed by atoms with van der Waals surface area (Å²) in [5.74, 6) is -0.0647. The van der Waals surface area contributed by atoms with E-state index in [9.17, 15) is 4.79 Å². The molecule has 0 radical (unpaired) electrons. The molecule has 6 nitrogen and oxygen atoms in total. The Morgan fingerprint density at radius 2 is 2.08 bits per heavy atom. The number of carbonyl (C=O) groups is 1. The highest BCUT2D eigenvalue weighted by Crippen LogP contribution is 2.26. The molecular weight excluding hydrogens is 314 g/mol. The molecule has 0 aliphatic rings. The van der Waals surface area contributed by atoms with Crippen LogP contribution in [-0.2, 0) is 18.4 Å². The molecule has 0 fully saturated rings. The Bertz CT molecular complexity index is 921. The Hall–Kier alpha value is -2.60. The van der Waals surface area contributed by atoms with Crippen molar-refractivity contribution in [2.24, 2.45) is 7.05 Å². The number of nitrogens with zero attached hydrogens (tertiary/aromatic N) is 2. The van der Waals surface area contributed by atoms with E-state index in [0.29, 0.717) is 6.54 Å². The second kappa shape index (κ2) is 6.72. The molecule has 1 aromatic carbocycles. The number of nitrogens with one attached hydrogen (secondary N) is 3. The lowest BCUT2D eigenvalue weighted by molar-refractivity contribution is -0.123. The van der Waals surface area contributed by atoms with E-state index in [1.807, 2.05) is 13.2 Å². The van der Waals surface area contributed by atoms with E-state index in [1.165, 1.54) is 16.5 Å². The maximum Gasteiger partial charge on any atom is 0.242 e. The van der Waals surface area contributed by atoms with Crippen LogP contribution in [0.3, 0.4) is 0 Å². The predicted molar refractivity (Wildman–Crippen MR) is 99.4 cm³/mol.